The quantitative estimate of drug-likeness (QED) is 0.187. The predicted molar refractivity (Wildman–Crippen MR) is 203 cm³/mol. The molecule has 1 aliphatic rings. The zero-order chi connectivity index (χ0) is 31.6. The third-order valence-corrected chi connectivity index (χ3v) is 10.2. The SMILES string of the molecule is C1=C(c2ccccc2)CCc2c1n(-c1ccccc1)c1c2ccc2c3ccccc3n(-c3ccc(-c4ccc5ccccc5c4)cc3)c21. The summed E-state index contributed by atoms with van der Waals surface area (Å²) in [5, 5.41) is 6.41. The Morgan fingerprint density at radius 2 is 1.04 bits per heavy atom. The molecule has 2 nitrogen and oxygen atoms in total. The standard InChI is InChI=1S/C46H32N2/c1-3-11-31(12-4-1)36-23-26-40-42-28-27-41-39-17-9-10-18-43(39)47(45(41)46(42)48(44(40)30-36)37-15-5-2-6-16-37)38-24-21-33(22-25-38)35-20-19-32-13-7-8-14-34(32)29-35/h1-22,24-25,27-30H,23,26H2. The maximum Gasteiger partial charge on any atom is 0.0788 e. The average Bonchev–Trinajstić information content (AvgIpc) is 3.68. The van der Waals surface area contributed by atoms with Crippen LogP contribution in [0, 0.1) is 0 Å². The Morgan fingerprint density at radius 3 is 1.88 bits per heavy atom. The molecule has 0 bridgehead atoms. The smallest absolute Gasteiger partial charge is 0.0788 e. The number of aryl methyl sites for hydroxylation is 1. The van der Waals surface area contributed by atoms with Gasteiger partial charge in [0, 0.05) is 27.5 Å². The highest BCUT2D eigenvalue weighted by Crippen LogP contribution is 2.44. The van der Waals surface area contributed by atoms with Crippen molar-refractivity contribution in [3.63, 3.8) is 0 Å². The number of benzene rings is 7. The second kappa shape index (κ2) is 10.7. The topological polar surface area (TPSA) is 9.86 Å². The molecule has 48 heavy (non-hydrogen) atoms. The second-order valence-corrected chi connectivity index (χ2v) is 12.9. The van der Waals surface area contributed by atoms with E-state index >= 15 is 0 Å². The Kier molecular flexibility index (Phi) is 6.04. The Balaban J connectivity index is 1.25. The molecular formula is C46H32N2. The van der Waals surface area contributed by atoms with Crippen LogP contribution in [-0.4, -0.2) is 9.13 Å². The summed E-state index contributed by atoms with van der Waals surface area (Å²) >= 11 is 0. The lowest BCUT2D eigenvalue weighted by Crippen LogP contribution is -2.03. The summed E-state index contributed by atoms with van der Waals surface area (Å²) in [5.41, 5.74) is 14.0. The molecule has 0 fully saturated rings. The first-order valence-electron chi connectivity index (χ1n) is 16.8. The Labute approximate surface area is 279 Å². The minimum Gasteiger partial charge on any atom is -0.308 e. The van der Waals surface area contributed by atoms with Crippen LogP contribution in [0.15, 0.2) is 164 Å². The van der Waals surface area contributed by atoms with Gasteiger partial charge in [0.25, 0.3) is 0 Å². The van der Waals surface area contributed by atoms with Gasteiger partial charge in [-0.1, -0.05) is 127 Å². The van der Waals surface area contributed by atoms with Gasteiger partial charge >= 0.3 is 0 Å². The van der Waals surface area contributed by atoms with Gasteiger partial charge in [-0.15, -0.1) is 0 Å². The Hall–Kier alpha value is -6.12. The van der Waals surface area contributed by atoms with E-state index in [0.29, 0.717) is 0 Å². The largest absolute Gasteiger partial charge is 0.308 e. The van der Waals surface area contributed by atoms with Crippen molar-refractivity contribution in [1.82, 2.24) is 9.13 Å². The molecule has 10 rings (SSSR count). The number of hydrogen-bond acceptors (Lipinski definition) is 0. The van der Waals surface area contributed by atoms with E-state index in [-0.39, 0.29) is 0 Å². The Morgan fingerprint density at radius 1 is 0.396 bits per heavy atom. The lowest BCUT2D eigenvalue weighted by molar-refractivity contribution is 0.980. The summed E-state index contributed by atoms with van der Waals surface area (Å²) in [6.07, 6.45) is 4.49. The molecule has 2 aromatic heterocycles. The molecule has 0 aliphatic heterocycles. The van der Waals surface area contributed by atoms with Crippen LogP contribution in [0.4, 0.5) is 0 Å². The van der Waals surface area contributed by atoms with E-state index < -0.39 is 0 Å². The summed E-state index contributed by atoms with van der Waals surface area (Å²) < 4.78 is 5.01. The number of aromatic nitrogens is 2. The highest BCUT2D eigenvalue weighted by molar-refractivity contribution is 6.19. The zero-order valence-electron chi connectivity index (χ0n) is 26.5. The molecule has 0 saturated heterocycles. The summed E-state index contributed by atoms with van der Waals surface area (Å²) in [6, 6.07) is 59.8. The van der Waals surface area contributed by atoms with Crippen molar-refractivity contribution in [2.75, 3.05) is 0 Å². The number of rotatable bonds is 4. The fourth-order valence-corrected chi connectivity index (χ4v) is 7.98. The van der Waals surface area contributed by atoms with Crippen LogP contribution in [0.1, 0.15) is 23.2 Å². The molecule has 2 heterocycles. The summed E-state index contributed by atoms with van der Waals surface area (Å²) in [4.78, 5) is 0. The zero-order valence-corrected chi connectivity index (χ0v) is 26.5. The third-order valence-electron chi connectivity index (χ3n) is 10.2. The Bertz CT molecular complexity index is 2690. The van der Waals surface area contributed by atoms with Crippen LogP contribution in [0.2, 0.25) is 0 Å². The maximum atomic E-state index is 2.52. The van der Waals surface area contributed by atoms with Gasteiger partial charge in [-0.05, 0) is 93.9 Å². The van der Waals surface area contributed by atoms with Gasteiger partial charge in [0.2, 0.25) is 0 Å². The van der Waals surface area contributed by atoms with Gasteiger partial charge in [0.1, 0.15) is 0 Å². The molecule has 0 unspecified atom stereocenters. The van der Waals surface area contributed by atoms with Crippen molar-refractivity contribution in [3.8, 4) is 22.5 Å². The molecule has 0 atom stereocenters. The van der Waals surface area contributed by atoms with Crippen LogP contribution in [0.5, 0.6) is 0 Å². The number of hydrogen-bond donors (Lipinski definition) is 0. The van der Waals surface area contributed by atoms with Crippen LogP contribution in [-0.2, 0) is 6.42 Å². The molecule has 0 amide bonds. The highest BCUT2D eigenvalue weighted by Gasteiger charge is 2.26. The number of para-hydroxylation sites is 2. The lowest BCUT2D eigenvalue weighted by Gasteiger charge is -2.17. The first kappa shape index (κ1) is 27.0. The molecule has 0 N–H and O–H groups in total. The van der Waals surface area contributed by atoms with Crippen molar-refractivity contribution in [1.29, 1.82) is 0 Å². The minimum atomic E-state index is 1.01. The summed E-state index contributed by atoms with van der Waals surface area (Å²) in [6.45, 7) is 0. The fourth-order valence-electron chi connectivity index (χ4n) is 7.98. The van der Waals surface area contributed by atoms with Gasteiger partial charge < -0.3 is 9.13 Å². The highest BCUT2D eigenvalue weighted by atomic mass is 15.0. The van der Waals surface area contributed by atoms with Crippen molar-refractivity contribution in [2.45, 2.75) is 12.8 Å². The van der Waals surface area contributed by atoms with E-state index in [2.05, 4.69) is 179 Å². The first-order chi connectivity index (χ1) is 23.8. The molecule has 9 aromatic rings. The van der Waals surface area contributed by atoms with Gasteiger partial charge in [0.15, 0.2) is 0 Å². The number of allylic oxidation sites excluding steroid dienone is 1. The molecule has 1 aliphatic carbocycles. The average molecular weight is 613 g/mol. The maximum absolute atomic E-state index is 2.52. The van der Waals surface area contributed by atoms with Gasteiger partial charge in [0.05, 0.1) is 22.2 Å². The van der Waals surface area contributed by atoms with Gasteiger partial charge in [-0.3, -0.25) is 0 Å². The lowest BCUT2D eigenvalue weighted by atomic mass is 9.91. The molecule has 7 aromatic carbocycles. The van der Waals surface area contributed by atoms with Crippen molar-refractivity contribution in [2.24, 2.45) is 0 Å². The third kappa shape index (κ3) is 4.13. The summed E-state index contributed by atoms with van der Waals surface area (Å²) in [7, 11) is 0. The van der Waals surface area contributed by atoms with E-state index in [9.17, 15) is 0 Å². The number of fused-ring (bicyclic) bond motifs is 8. The molecule has 0 radical (unpaired) electrons. The predicted octanol–water partition coefficient (Wildman–Crippen LogP) is 12.0. The van der Waals surface area contributed by atoms with Crippen LogP contribution >= 0.6 is 0 Å². The van der Waals surface area contributed by atoms with Crippen molar-refractivity contribution in [3.05, 3.63) is 181 Å². The van der Waals surface area contributed by atoms with E-state index in [4.69, 9.17) is 0 Å². The van der Waals surface area contributed by atoms with Gasteiger partial charge in [-0.25, -0.2) is 0 Å². The molecular weight excluding hydrogens is 581 g/mol. The monoisotopic (exact) mass is 612 g/mol. The summed E-state index contributed by atoms with van der Waals surface area (Å²) in [5.74, 6) is 0. The van der Waals surface area contributed by atoms with E-state index in [1.54, 1.807) is 0 Å². The van der Waals surface area contributed by atoms with E-state index in [1.165, 1.54) is 82.7 Å². The normalized spacial score (nSPS) is 13.0. The van der Waals surface area contributed by atoms with E-state index in [1.807, 2.05) is 0 Å². The molecule has 0 saturated carbocycles. The fraction of sp³-hybridized carbons (Fsp3) is 0.0435. The van der Waals surface area contributed by atoms with E-state index in [0.717, 1.165) is 18.5 Å². The number of nitrogens with zero attached hydrogens (tertiary/aromatic N) is 2. The molecule has 226 valence electrons. The van der Waals surface area contributed by atoms with Crippen molar-refractivity contribution >= 4 is 55.1 Å². The minimum absolute atomic E-state index is 1.01. The molecule has 0 spiro atoms. The second-order valence-electron chi connectivity index (χ2n) is 12.9. The first-order valence-corrected chi connectivity index (χ1v) is 16.8. The van der Waals surface area contributed by atoms with Gasteiger partial charge in [-0.2, -0.15) is 0 Å². The van der Waals surface area contributed by atoms with Crippen LogP contribution < -0.4 is 0 Å². The van der Waals surface area contributed by atoms with Crippen LogP contribution in [0.25, 0.3) is 77.6 Å². The van der Waals surface area contributed by atoms with Crippen LogP contribution in [0.3, 0.4) is 0 Å². The van der Waals surface area contributed by atoms with Crippen molar-refractivity contribution < 1.29 is 0 Å². The molecule has 2 heteroatoms.